The van der Waals surface area contributed by atoms with Crippen molar-refractivity contribution in [3.8, 4) is 11.5 Å². The number of aliphatic imine (C=N–C) groups is 2. The van der Waals surface area contributed by atoms with Gasteiger partial charge in [-0.1, -0.05) is 0 Å². The fourth-order valence-electron chi connectivity index (χ4n) is 3.05. The normalized spacial score (nSPS) is 10.6. The standard InChI is InChI=1S/2C14H11NOSe2.Fe/c2*16-14-11(6-12(17)7-13(14)18)9-15-8-10-4-2-1-3-5-10;/h2*1-7,9,16H,8H2;/q;;+2/p-2. The molecule has 0 amide bonds. The van der Waals surface area contributed by atoms with Crippen molar-refractivity contribution in [1.82, 2.24) is 0 Å². The minimum atomic E-state index is -0.00851. The van der Waals surface area contributed by atoms with Crippen LogP contribution in [0.4, 0.5) is 0 Å². The SMILES string of the molecule is [Fe+2].[O-]c1c([Se])cc([Se])cc1C=NCc1ccccc1.[O-]c1c([Se])cc([Se])cc1C=NCc1ccccc1. The molecule has 0 bridgehead atoms. The van der Waals surface area contributed by atoms with E-state index in [9.17, 15) is 10.2 Å². The van der Waals surface area contributed by atoms with Crippen molar-refractivity contribution in [3.05, 3.63) is 107 Å². The van der Waals surface area contributed by atoms with Crippen LogP contribution in [0.5, 0.6) is 11.5 Å². The van der Waals surface area contributed by atoms with E-state index in [0.29, 0.717) is 33.1 Å². The first kappa shape index (κ1) is 31.6. The van der Waals surface area contributed by atoms with Crippen LogP contribution in [0.15, 0.2) is 94.9 Å². The van der Waals surface area contributed by atoms with Gasteiger partial charge in [0.15, 0.2) is 0 Å². The van der Waals surface area contributed by atoms with Crippen LogP contribution in [0, 0.1) is 0 Å². The number of benzene rings is 4. The molecule has 186 valence electrons. The average Bonchev–Trinajstić information content (AvgIpc) is 2.87. The summed E-state index contributed by atoms with van der Waals surface area (Å²) in [4.78, 5) is 8.60. The fraction of sp³-hybridized carbons (Fsp3) is 0.0714. The van der Waals surface area contributed by atoms with Crippen molar-refractivity contribution in [2.45, 2.75) is 13.1 Å². The Balaban J connectivity index is 0.000000253. The number of rotatable bonds is 6. The Hall–Kier alpha value is -1.58. The molecule has 0 heterocycles. The predicted molar refractivity (Wildman–Crippen MR) is 149 cm³/mol. The van der Waals surface area contributed by atoms with E-state index < -0.39 is 0 Å². The zero-order valence-corrected chi connectivity index (χ0v) is 27.3. The third-order valence-corrected chi connectivity index (χ3v) is 7.07. The van der Waals surface area contributed by atoms with E-state index in [1.807, 2.05) is 60.7 Å². The van der Waals surface area contributed by atoms with Gasteiger partial charge in [0.1, 0.15) is 0 Å². The summed E-state index contributed by atoms with van der Waals surface area (Å²) in [6, 6.07) is 27.1. The van der Waals surface area contributed by atoms with Gasteiger partial charge in [-0.15, -0.1) is 0 Å². The van der Waals surface area contributed by atoms with Gasteiger partial charge in [-0.2, -0.15) is 0 Å². The third kappa shape index (κ3) is 10.6. The Labute approximate surface area is 261 Å². The Kier molecular flexibility index (Phi) is 14.0. The molecule has 0 aliphatic carbocycles. The van der Waals surface area contributed by atoms with Gasteiger partial charge in [-0.3, -0.25) is 0 Å². The maximum atomic E-state index is 11.8. The fourth-order valence-corrected chi connectivity index (χ4v) is 5.86. The monoisotopic (exact) mass is 792 g/mol. The minimum absolute atomic E-state index is 0. The van der Waals surface area contributed by atoms with Gasteiger partial charge in [-0.25, -0.2) is 0 Å². The Bertz CT molecular complexity index is 1250. The predicted octanol–water partition coefficient (Wildman–Crippen LogP) is -0.0687. The van der Waals surface area contributed by atoms with Crippen molar-refractivity contribution >= 4 is 94.3 Å². The molecule has 0 saturated heterocycles. The van der Waals surface area contributed by atoms with Gasteiger partial charge in [0.2, 0.25) is 0 Å². The molecule has 4 rings (SSSR count). The van der Waals surface area contributed by atoms with Crippen LogP contribution in [0.1, 0.15) is 22.3 Å². The van der Waals surface area contributed by atoms with E-state index in [2.05, 4.69) is 74.0 Å². The van der Waals surface area contributed by atoms with Gasteiger partial charge in [0.25, 0.3) is 0 Å². The second-order valence-corrected chi connectivity index (χ2v) is 11.4. The van der Waals surface area contributed by atoms with Gasteiger partial charge in [0.05, 0.1) is 0 Å². The summed E-state index contributed by atoms with van der Waals surface area (Å²) in [6.07, 6.45) is 3.27. The van der Waals surface area contributed by atoms with E-state index >= 15 is 0 Å². The molecular formula is C28H20FeN2O2Se4. The molecule has 4 radical (unpaired) electrons. The molecule has 9 heteroatoms. The Morgan fingerprint density at radius 2 is 0.919 bits per heavy atom. The van der Waals surface area contributed by atoms with Crippen LogP contribution in [-0.2, 0) is 30.2 Å². The average molecular weight is 788 g/mol. The van der Waals surface area contributed by atoms with Gasteiger partial charge in [0, 0.05) is 0 Å². The molecule has 0 N–H and O–H groups in total. The molecular weight excluding hydrogens is 768 g/mol. The van der Waals surface area contributed by atoms with Crippen LogP contribution in [0.3, 0.4) is 0 Å². The van der Waals surface area contributed by atoms with Crippen LogP contribution in [0.2, 0.25) is 0 Å². The molecule has 4 nitrogen and oxygen atoms in total. The summed E-state index contributed by atoms with van der Waals surface area (Å²) in [5.74, 6) is -0.0170. The second kappa shape index (κ2) is 16.4. The van der Waals surface area contributed by atoms with Crippen LogP contribution in [-0.4, -0.2) is 76.5 Å². The maximum absolute atomic E-state index is 11.8. The van der Waals surface area contributed by atoms with Crippen molar-refractivity contribution in [1.29, 1.82) is 0 Å². The summed E-state index contributed by atoms with van der Waals surface area (Å²) < 4.78 is 3.11. The van der Waals surface area contributed by atoms with E-state index in [1.54, 1.807) is 36.7 Å². The second-order valence-electron chi connectivity index (χ2n) is 7.59. The van der Waals surface area contributed by atoms with E-state index in [0.717, 1.165) is 20.1 Å². The first-order valence-electron chi connectivity index (χ1n) is 10.8. The molecule has 4 aromatic carbocycles. The molecule has 0 saturated carbocycles. The summed E-state index contributed by atoms with van der Waals surface area (Å²) in [5.41, 5.74) is 3.47. The van der Waals surface area contributed by atoms with Gasteiger partial charge >= 0.3 is 263 Å². The summed E-state index contributed by atoms with van der Waals surface area (Å²) >= 11 is 11.3. The molecule has 37 heavy (non-hydrogen) atoms. The number of hydrogen-bond acceptors (Lipinski definition) is 4. The molecule has 0 fully saturated rings. The van der Waals surface area contributed by atoms with E-state index in [1.165, 1.54) is 0 Å². The first-order chi connectivity index (χ1) is 17.3. The molecule has 0 unspecified atom stereocenters. The zero-order valence-electron chi connectivity index (χ0n) is 19.3. The molecule has 4 aromatic rings. The van der Waals surface area contributed by atoms with E-state index in [4.69, 9.17) is 0 Å². The van der Waals surface area contributed by atoms with E-state index in [-0.39, 0.29) is 28.6 Å². The van der Waals surface area contributed by atoms with Crippen LogP contribution < -0.4 is 28.1 Å². The van der Waals surface area contributed by atoms with Gasteiger partial charge in [-0.05, 0) is 0 Å². The topological polar surface area (TPSA) is 70.8 Å². The molecule has 0 aliphatic rings. The van der Waals surface area contributed by atoms with Crippen molar-refractivity contribution in [3.63, 3.8) is 0 Å². The van der Waals surface area contributed by atoms with Crippen molar-refractivity contribution < 1.29 is 27.3 Å². The van der Waals surface area contributed by atoms with Crippen molar-refractivity contribution in [2.75, 3.05) is 0 Å². The third-order valence-electron chi connectivity index (χ3n) is 4.81. The van der Waals surface area contributed by atoms with Gasteiger partial charge < -0.3 is 0 Å². The Morgan fingerprint density at radius 3 is 1.27 bits per heavy atom. The molecule has 0 aliphatic heterocycles. The molecule has 0 spiro atoms. The zero-order chi connectivity index (χ0) is 25.9. The van der Waals surface area contributed by atoms with Crippen LogP contribution in [0.25, 0.3) is 0 Å². The first-order valence-corrected chi connectivity index (χ1v) is 14.2. The molecule has 0 atom stereocenters. The van der Waals surface area contributed by atoms with Crippen molar-refractivity contribution in [2.24, 2.45) is 9.98 Å². The quantitative estimate of drug-likeness (QED) is 0.203. The van der Waals surface area contributed by atoms with Crippen LogP contribution >= 0.6 is 0 Å². The number of nitrogens with zero attached hydrogens (tertiary/aromatic N) is 2. The summed E-state index contributed by atoms with van der Waals surface area (Å²) in [7, 11) is 0. The summed E-state index contributed by atoms with van der Waals surface area (Å²) in [6.45, 7) is 1.17. The molecule has 0 aromatic heterocycles. The summed E-state index contributed by atoms with van der Waals surface area (Å²) in [5, 5.41) is 23.7. The Morgan fingerprint density at radius 1 is 0.568 bits per heavy atom. The number of hydrogen-bond donors (Lipinski definition) is 0.